The van der Waals surface area contributed by atoms with E-state index in [2.05, 4.69) is 10.3 Å². The molecule has 0 spiro atoms. The summed E-state index contributed by atoms with van der Waals surface area (Å²) in [6.07, 6.45) is 0. The van der Waals surface area contributed by atoms with E-state index >= 15 is 0 Å². The Morgan fingerprint density at radius 3 is 2.37 bits per heavy atom. The van der Waals surface area contributed by atoms with E-state index in [0.717, 1.165) is 16.7 Å². The van der Waals surface area contributed by atoms with Gasteiger partial charge in [-0.3, -0.25) is 4.79 Å². The zero-order chi connectivity index (χ0) is 19.0. The normalized spacial score (nSPS) is 10.9. The van der Waals surface area contributed by atoms with Gasteiger partial charge >= 0.3 is 0 Å². The molecule has 4 nitrogen and oxygen atoms in total. The van der Waals surface area contributed by atoms with Crippen molar-refractivity contribution in [2.75, 3.05) is 5.32 Å². The number of aryl methyl sites for hydroxylation is 2. The first-order valence-electron chi connectivity index (χ1n) is 8.54. The fourth-order valence-electron chi connectivity index (χ4n) is 3.03. The summed E-state index contributed by atoms with van der Waals surface area (Å²) in [6, 6.07) is 18.5. The van der Waals surface area contributed by atoms with E-state index in [9.17, 15) is 4.79 Å². The predicted molar refractivity (Wildman–Crippen MR) is 108 cm³/mol. The Hall–Kier alpha value is -3.11. The van der Waals surface area contributed by atoms with Gasteiger partial charge in [-0.25, -0.2) is 4.98 Å². The molecular weight excluding hydrogens is 360 g/mol. The zero-order valence-electron chi connectivity index (χ0n) is 14.9. The molecule has 0 saturated carbocycles. The molecule has 1 N–H and O–H groups in total. The molecule has 134 valence electrons. The SMILES string of the molecule is Cc1cc(C)cc(C(=O)Nc2ccc(-c3nc4cc(Cl)ccc4o3)cc2)c1. The lowest BCUT2D eigenvalue weighted by atomic mass is 10.1. The van der Waals surface area contributed by atoms with Crippen molar-refractivity contribution in [3.63, 3.8) is 0 Å². The number of carbonyl (C=O) groups excluding carboxylic acids is 1. The van der Waals surface area contributed by atoms with Crippen LogP contribution in [-0.2, 0) is 0 Å². The van der Waals surface area contributed by atoms with Crippen LogP contribution >= 0.6 is 11.6 Å². The Balaban J connectivity index is 1.55. The van der Waals surface area contributed by atoms with Crippen molar-refractivity contribution in [1.29, 1.82) is 0 Å². The summed E-state index contributed by atoms with van der Waals surface area (Å²) in [5, 5.41) is 3.54. The lowest BCUT2D eigenvalue weighted by molar-refractivity contribution is 0.102. The summed E-state index contributed by atoms with van der Waals surface area (Å²) in [7, 11) is 0. The largest absolute Gasteiger partial charge is 0.436 e. The molecule has 5 heteroatoms. The fourth-order valence-corrected chi connectivity index (χ4v) is 3.20. The van der Waals surface area contributed by atoms with Gasteiger partial charge in [0.15, 0.2) is 5.58 Å². The maximum atomic E-state index is 12.5. The van der Waals surface area contributed by atoms with Crippen LogP contribution < -0.4 is 5.32 Å². The molecule has 0 unspecified atom stereocenters. The first-order valence-corrected chi connectivity index (χ1v) is 8.92. The number of aromatic nitrogens is 1. The number of hydrogen-bond acceptors (Lipinski definition) is 3. The van der Waals surface area contributed by atoms with E-state index in [-0.39, 0.29) is 5.91 Å². The molecule has 0 radical (unpaired) electrons. The number of benzene rings is 3. The molecule has 0 aliphatic rings. The van der Waals surface area contributed by atoms with Gasteiger partial charge < -0.3 is 9.73 Å². The van der Waals surface area contributed by atoms with Crippen LogP contribution in [0, 0.1) is 13.8 Å². The highest BCUT2D eigenvalue weighted by molar-refractivity contribution is 6.31. The molecule has 0 aliphatic carbocycles. The second-order valence-corrected chi connectivity index (χ2v) is 6.98. The lowest BCUT2D eigenvalue weighted by Crippen LogP contribution is -2.12. The minimum absolute atomic E-state index is 0.133. The average molecular weight is 377 g/mol. The van der Waals surface area contributed by atoms with Gasteiger partial charge in [-0.05, 0) is 68.4 Å². The van der Waals surface area contributed by atoms with E-state index in [1.807, 2.05) is 56.3 Å². The standard InChI is InChI=1S/C22H17ClN2O2/c1-13-9-14(2)11-16(10-13)21(26)24-18-6-3-15(4-7-18)22-25-19-12-17(23)5-8-20(19)27-22/h3-12H,1-2H3,(H,24,26). The molecule has 0 fully saturated rings. The Bertz CT molecular complexity index is 1130. The van der Waals surface area contributed by atoms with Crippen LogP contribution in [0.25, 0.3) is 22.6 Å². The quantitative estimate of drug-likeness (QED) is 0.475. The molecule has 0 bridgehead atoms. The van der Waals surface area contributed by atoms with Gasteiger partial charge in [0.25, 0.3) is 5.91 Å². The van der Waals surface area contributed by atoms with E-state index < -0.39 is 0 Å². The summed E-state index contributed by atoms with van der Waals surface area (Å²) in [5.41, 5.74) is 5.70. The number of nitrogens with zero attached hydrogens (tertiary/aromatic N) is 1. The van der Waals surface area contributed by atoms with Gasteiger partial charge in [0.1, 0.15) is 5.52 Å². The van der Waals surface area contributed by atoms with Crippen molar-refractivity contribution in [3.8, 4) is 11.5 Å². The Kier molecular flexibility index (Phi) is 4.42. The summed E-state index contributed by atoms with van der Waals surface area (Å²) in [6.45, 7) is 3.96. The topological polar surface area (TPSA) is 55.1 Å². The van der Waals surface area contributed by atoms with Crippen LogP contribution in [0.2, 0.25) is 5.02 Å². The van der Waals surface area contributed by atoms with Crippen molar-refractivity contribution in [2.24, 2.45) is 0 Å². The van der Waals surface area contributed by atoms with Gasteiger partial charge in [-0.2, -0.15) is 0 Å². The number of fused-ring (bicyclic) bond motifs is 1. The Morgan fingerprint density at radius 2 is 1.67 bits per heavy atom. The Morgan fingerprint density at radius 1 is 0.963 bits per heavy atom. The molecule has 0 saturated heterocycles. The number of hydrogen-bond donors (Lipinski definition) is 1. The van der Waals surface area contributed by atoms with Crippen LogP contribution in [0.4, 0.5) is 5.69 Å². The van der Waals surface area contributed by atoms with Gasteiger partial charge in [-0.1, -0.05) is 28.8 Å². The number of rotatable bonds is 3. The zero-order valence-corrected chi connectivity index (χ0v) is 15.7. The van der Waals surface area contributed by atoms with Crippen molar-refractivity contribution in [2.45, 2.75) is 13.8 Å². The van der Waals surface area contributed by atoms with Crippen LogP contribution in [0.15, 0.2) is 65.1 Å². The number of halogens is 1. The van der Waals surface area contributed by atoms with Gasteiger partial charge in [-0.15, -0.1) is 0 Å². The van der Waals surface area contributed by atoms with Crippen LogP contribution in [0.1, 0.15) is 21.5 Å². The molecule has 1 aromatic heterocycles. The highest BCUT2D eigenvalue weighted by Crippen LogP contribution is 2.27. The smallest absolute Gasteiger partial charge is 0.255 e. The minimum Gasteiger partial charge on any atom is -0.436 e. The number of amides is 1. The van der Waals surface area contributed by atoms with Crippen LogP contribution in [0.3, 0.4) is 0 Å². The molecule has 0 atom stereocenters. The van der Waals surface area contributed by atoms with E-state index in [0.29, 0.717) is 33.3 Å². The third-order valence-electron chi connectivity index (χ3n) is 4.22. The van der Waals surface area contributed by atoms with Gasteiger partial charge in [0, 0.05) is 21.8 Å². The molecule has 3 aromatic carbocycles. The van der Waals surface area contributed by atoms with Crippen molar-refractivity contribution in [1.82, 2.24) is 4.98 Å². The second-order valence-electron chi connectivity index (χ2n) is 6.54. The van der Waals surface area contributed by atoms with Crippen molar-refractivity contribution < 1.29 is 9.21 Å². The molecule has 1 heterocycles. The van der Waals surface area contributed by atoms with Gasteiger partial charge in [0.2, 0.25) is 5.89 Å². The van der Waals surface area contributed by atoms with E-state index in [4.69, 9.17) is 16.0 Å². The first kappa shape index (κ1) is 17.3. The Labute approximate surface area is 161 Å². The van der Waals surface area contributed by atoms with E-state index in [1.165, 1.54) is 0 Å². The molecule has 0 aliphatic heterocycles. The van der Waals surface area contributed by atoms with Crippen LogP contribution in [-0.4, -0.2) is 10.9 Å². The summed E-state index contributed by atoms with van der Waals surface area (Å²) < 4.78 is 5.77. The second kappa shape index (κ2) is 6.89. The molecule has 27 heavy (non-hydrogen) atoms. The lowest BCUT2D eigenvalue weighted by Gasteiger charge is -2.07. The average Bonchev–Trinajstić information content (AvgIpc) is 3.04. The molecular formula is C22H17ClN2O2. The molecule has 4 aromatic rings. The third kappa shape index (κ3) is 3.71. The minimum atomic E-state index is -0.133. The maximum absolute atomic E-state index is 12.5. The van der Waals surface area contributed by atoms with Crippen molar-refractivity contribution >= 4 is 34.3 Å². The fraction of sp³-hybridized carbons (Fsp3) is 0.0909. The van der Waals surface area contributed by atoms with Crippen molar-refractivity contribution in [3.05, 3.63) is 82.4 Å². The summed E-state index contributed by atoms with van der Waals surface area (Å²) in [4.78, 5) is 16.9. The highest BCUT2D eigenvalue weighted by Gasteiger charge is 2.10. The number of oxazole rings is 1. The van der Waals surface area contributed by atoms with E-state index in [1.54, 1.807) is 18.2 Å². The highest BCUT2D eigenvalue weighted by atomic mass is 35.5. The third-order valence-corrected chi connectivity index (χ3v) is 4.46. The number of carbonyl (C=O) groups is 1. The molecule has 4 rings (SSSR count). The predicted octanol–water partition coefficient (Wildman–Crippen LogP) is 6.02. The maximum Gasteiger partial charge on any atom is 0.255 e. The summed E-state index contributed by atoms with van der Waals surface area (Å²) in [5.74, 6) is 0.380. The summed E-state index contributed by atoms with van der Waals surface area (Å²) >= 11 is 5.99. The first-order chi connectivity index (χ1) is 13.0. The van der Waals surface area contributed by atoms with Crippen LogP contribution in [0.5, 0.6) is 0 Å². The number of anilines is 1. The monoisotopic (exact) mass is 376 g/mol. The van der Waals surface area contributed by atoms with Gasteiger partial charge in [0.05, 0.1) is 0 Å². The number of nitrogens with one attached hydrogen (secondary N) is 1. The molecule has 1 amide bonds.